The van der Waals surface area contributed by atoms with Crippen LogP contribution in [-0.2, 0) is 4.74 Å². The van der Waals surface area contributed by atoms with Gasteiger partial charge in [-0.3, -0.25) is 0 Å². The van der Waals surface area contributed by atoms with E-state index in [0.717, 1.165) is 13.0 Å². The van der Waals surface area contributed by atoms with Gasteiger partial charge in [0, 0.05) is 12.6 Å². The van der Waals surface area contributed by atoms with E-state index in [9.17, 15) is 0 Å². The Labute approximate surface area is 61.5 Å². The highest BCUT2D eigenvalue weighted by Crippen LogP contribution is 2.10. The average Bonchev–Trinajstić information content (AvgIpc) is 2.14. The lowest BCUT2D eigenvalue weighted by Gasteiger charge is -2.06. The molecular formula is C6H12ClNO. The molecule has 0 amide bonds. The lowest BCUT2D eigenvalue weighted by molar-refractivity contribution is 0.140. The Morgan fingerprint density at radius 1 is 1.67 bits per heavy atom. The van der Waals surface area contributed by atoms with Crippen molar-refractivity contribution in [3.05, 3.63) is 12.7 Å². The molecule has 0 spiro atoms. The summed E-state index contributed by atoms with van der Waals surface area (Å²) in [7, 11) is 0. The van der Waals surface area contributed by atoms with Crippen LogP contribution in [0.3, 0.4) is 0 Å². The van der Waals surface area contributed by atoms with Gasteiger partial charge in [-0.2, -0.15) is 0 Å². The van der Waals surface area contributed by atoms with Crippen LogP contribution in [0.2, 0.25) is 0 Å². The second-order valence-corrected chi connectivity index (χ2v) is 2.02. The van der Waals surface area contributed by atoms with Gasteiger partial charge in [0.1, 0.15) is 0 Å². The van der Waals surface area contributed by atoms with Crippen LogP contribution < -0.4 is 5.73 Å². The molecule has 0 aromatic rings. The minimum atomic E-state index is 0. The van der Waals surface area contributed by atoms with Gasteiger partial charge < -0.3 is 10.5 Å². The van der Waals surface area contributed by atoms with E-state index in [1.165, 1.54) is 0 Å². The van der Waals surface area contributed by atoms with Crippen LogP contribution >= 0.6 is 12.4 Å². The Kier molecular flexibility index (Phi) is 3.86. The molecule has 0 aliphatic carbocycles. The summed E-state index contributed by atoms with van der Waals surface area (Å²) in [5, 5.41) is 0. The molecule has 2 nitrogen and oxygen atoms in total. The summed E-state index contributed by atoms with van der Waals surface area (Å²) in [6.45, 7) is 4.38. The standard InChI is InChI=1S/C6H11NO.ClH/c1-2-6-5(7)3-4-8-6;/h2,5-6H,1,3-4,7H2;1H/t5-,6-;/m1./s1. The number of rotatable bonds is 1. The van der Waals surface area contributed by atoms with Crippen molar-refractivity contribution in [2.45, 2.75) is 18.6 Å². The summed E-state index contributed by atoms with van der Waals surface area (Å²) in [6, 6.07) is 0.187. The van der Waals surface area contributed by atoms with Crippen molar-refractivity contribution in [2.24, 2.45) is 5.73 Å². The fourth-order valence-electron chi connectivity index (χ4n) is 0.871. The Morgan fingerprint density at radius 2 is 2.33 bits per heavy atom. The van der Waals surface area contributed by atoms with Crippen molar-refractivity contribution in [3.63, 3.8) is 0 Å². The molecule has 1 heterocycles. The van der Waals surface area contributed by atoms with Gasteiger partial charge in [-0.25, -0.2) is 0 Å². The summed E-state index contributed by atoms with van der Waals surface area (Å²) >= 11 is 0. The van der Waals surface area contributed by atoms with E-state index in [2.05, 4.69) is 6.58 Å². The molecule has 0 aromatic carbocycles. The first-order chi connectivity index (χ1) is 3.84. The zero-order chi connectivity index (χ0) is 5.98. The van der Waals surface area contributed by atoms with Crippen LogP contribution in [0.1, 0.15) is 6.42 Å². The SMILES string of the molecule is C=C[C@H]1OCC[C@H]1N.Cl. The molecule has 0 aromatic heterocycles. The minimum Gasteiger partial charge on any atom is -0.372 e. The quantitative estimate of drug-likeness (QED) is 0.558. The third kappa shape index (κ3) is 1.97. The van der Waals surface area contributed by atoms with Crippen LogP contribution in [0.5, 0.6) is 0 Å². The third-order valence-electron chi connectivity index (χ3n) is 1.42. The van der Waals surface area contributed by atoms with Crippen molar-refractivity contribution in [1.29, 1.82) is 0 Å². The summed E-state index contributed by atoms with van der Waals surface area (Å²) in [5.41, 5.74) is 5.59. The molecule has 2 N–H and O–H groups in total. The minimum absolute atomic E-state index is 0. The van der Waals surface area contributed by atoms with Crippen LogP contribution in [0.25, 0.3) is 0 Å². The van der Waals surface area contributed by atoms with E-state index in [-0.39, 0.29) is 24.6 Å². The first kappa shape index (κ1) is 8.95. The van der Waals surface area contributed by atoms with Crippen molar-refractivity contribution < 1.29 is 4.74 Å². The maximum atomic E-state index is 5.59. The molecule has 3 heteroatoms. The number of nitrogens with two attached hydrogens (primary N) is 1. The van der Waals surface area contributed by atoms with Gasteiger partial charge in [0.05, 0.1) is 6.10 Å². The van der Waals surface area contributed by atoms with E-state index in [0.29, 0.717) is 0 Å². The van der Waals surface area contributed by atoms with Crippen LogP contribution in [0.15, 0.2) is 12.7 Å². The van der Waals surface area contributed by atoms with Crippen LogP contribution in [-0.4, -0.2) is 18.8 Å². The molecule has 1 aliphatic heterocycles. The van der Waals surface area contributed by atoms with E-state index in [1.807, 2.05) is 0 Å². The van der Waals surface area contributed by atoms with Gasteiger partial charge in [-0.15, -0.1) is 19.0 Å². The molecule has 54 valence electrons. The predicted octanol–water partition coefficient (Wildman–Crippen LogP) is 0.710. The molecule has 2 atom stereocenters. The molecule has 1 aliphatic rings. The molecule has 0 unspecified atom stereocenters. The van der Waals surface area contributed by atoms with Gasteiger partial charge in [-0.05, 0) is 6.42 Å². The molecular weight excluding hydrogens is 138 g/mol. The number of halogens is 1. The third-order valence-corrected chi connectivity index (χ3v) is 1.42. The molecule has 1 saturated heterocycles. The van der Waals surface area contributed by atoms with Crippen LogP contribution in [0.4, 0.5) is 0 Å². The first-order valence-corrected chi connectivity index (χ1v) is 2.84. The Morgan fingerprint density at radius 3 is 2.56 bits per heavy atom. The lowest BCUT2D eigenvalue weighted by atomic mass is 10.1. The monoisotopic (exact) mass is 149 g/mol. The zero-order valence-electron chi connectivity index (χ0n) is 5.25. The highest BCUT2D eigenvalue weighted by Gasteiger charge is 2.20. The predicted molar refractivity (Wildman–Crippen MR) is 39.8 cm³/mol. The van der Waals surface area contributed by atoms with Gasteiger partial charge in [-0.1, -0.05) is 6.08 Å². The number of ether oxygens (including phenoxy) is 1. The summed E-state index contributed by atoms with van der Waals surface area (Å²) < 4.78 is 5.17. The average molecular weight is 150 g/mol. The maximum absolute atomic E-state index is 5.59. The molecule has 0 bridgehead atoms. The summed E-state index contributed by atoms with van der Waals surface area (Å²) in [5.74, 6) is 0. The normalized spacial score (nSPS) is 33.4. The summed E-state index contributed by atoms with van der Waals surface area (Å²) in [4.78, 5) is 0. The fraction of sp³-hybridized carbons (Fsp3) is 0.667. The van der Waals surface area contributed by atoms with Crippen LogP contribution in [0, 0.1) is 0 Å². The second kappa shape index (κ2) is 3.88. The smallest absolute Gasteiger partial charge is 0.0904 e. The largest absolute Gasteiger partial charge is 0.372 e. The lowest BCUT2D eigenvalue weighted by Crippen LogP contribution is -2.27. The number of hydrogen-bond acceptors (Lipinski definition) is 2. The van der Waals surface area contributed by atoms with Gasteiger partial charge >= 0.3 is 0 Å². The van der Waals surface area contributed by atoms with E-state index < -0.39 is 0 Å². The zero-order valence-corrected chi connectivity index (χ0v) is 6.06. The molecule has 1 rings (SSSR count). The van der Waals surface area contributed by atoms with Crippen molar-refractivity contribution in [1.82, 2.24) is 0 Å². The van der Waals surface area contributed by atoms with E-state index >= 15 is 0 Å². The molecule has 1 fully saturated rings. The van der Waals surface area contributed by atoms with Crippen molar-refractivity contribution in [2.75, 3.05) is 6.61 Å². The first-order valence-electron chi connectivity index (χ1n) is 2.84. The van der Waals surface area contributed by atoms with Gasteiger partial charge in [0.2, 0.25) is 0 Å². The highest BCUT2D eigenvalue weighted by atomic mass is 35.5. The topological polar surface area (TPSA) is 35.2 Å². The summed E-state index contributed by atoms with van der Waals surface area (Å²) in [6.07, 6.45) is 2.84. The van der Waals surface area contributed by atoms with Gasteiger partial charge in [0.25, 0.3) is 0 Å². The second-order valence-electron chi connectivity index (χ2n) is 2.02. The molecule has 0 saturated carbocycles. The fourth-order valence-corrected chi connectivity index (χ4v) is 0.871. The maximum Gasteiger partial charge on any atom is 0.0904 e. The van der Waals surface area contributed by atoms with Crippen molar-refractivity contribution in [3.8, 4) is 0 Å². The van der Waals surface area contributed by atoms with E-state index in [4.69, 9.17) is 10.5 Å². The Hall–Kier alpha value is -0.0500. The number of hydrogen-bond donors (Lipinski definition) is 1. The van der Waals surface area contributed by atoms with Gasteiger partial charge in [0.15, 0.2) is 0 Å². The molecule has 0 radical (unpaired) electrons. The Balaban J connectivity index is 0.000000640. The Bertz CT molecular complexity index is 97.1. The van der Waals surface area contributed by atoms with Crippen molar-refractivity contribution >= 4 is 12.4 Å². The highest BCUT2D eigenvalue weighted by molar-refractivity contribution is 5.85. The van der Waals surface area contributed by atoms with E-state index in [1.54, 1.807) is 6.08 Å². The molecule has 9 heavy (non-hydrogen) atoms.